The third-order valence-corrected chi connectivity index (χ3v) is 3.42. The molecule has 1 aromatic heterocycles. The van der Waals surface area contributed by atoms with E-state index in [1.165, 1.54) is 25.3 Å². The second kappa shape index (κ2) is 6.02. The zero-order chi connectivity index (χ0) is 13.0. The molecule has 5 heteroatoms. The molecule has 0 amide bonds. The third kappa shape index (κ3) is 3.11. The molecule has 1 aromatic rings. The lowest BCUT2D eigenvalue weighted by atomic mass is 10.0. The van der Waals surface area contributed by atoms with E-state index in [4.69, 9.17) is 9.52 Å². The molecular formula is C13H20N2O3. The van der Waals surface area contributed by atoms with Crippen LogP contribution in [0.5, 0.6) is 0 Å². The van der Waals surface area contributed by atoms with Crippen LogP contribution in [0.1, 0.15) is 35.6 Å². The van der Waals surface area contributed by atoms with Gasteiger partial charge in [0.25, 0.3) is 0 Å². The molecule has 1 saturated heterocycles. The highest BCUT2D eigenvalue weighted by Crippen LogP contribution is 2.20. The second-order valence-electron chi connectivity index (χ2n) is 4.75. The fourth-order valence-corrected chi connectivity index (χ4v) is 2.51. The van der Waals surface area contributed by atoms with Crippen LogP contribution in [0.3, 0.4) is 0 Å². The largest absolute Gasteiger partial charge is 0.475 e. The molecule has 0 spiro atoms. The molecule has 2 heterocycles. The molecular weight excluding hydrogens is 232 g/mol. The van der Waals surface area contributed by atoms with Crippen LogP contribution in [0.4, 0.5) is 0 Å². The Morgan fingerprint density at radius 3 is 3.06 bits per heavy atom. The zero-order valence-corrected chi connectivity index (χ0v) is 10.7. The third-order valence-electron chi connectivity index (χ3n) is 3.42. The first-order valence-corrected chi connectivity index (χ1v) is 6.41. The lowest BCUT2D eigenvalue weighted by Gasteiger charge is -2.35. The van der Waals surface area contributed by atoms with Crippen molar-refractivity contribution in [1.82, 2.24) is 10.2 Å². The van der Waals surface area contributed by atoms with Gasteiger partial charge in [-0.2, -0.15) is 0 Å². The van der Waals surface area contributed by atoms with Crippen molar-refractivity contribution >= 4 is 5.97 Å². The molecule has 1 fully saturated rings. The highest BCUT2D eigenvalue weighted by atomic mass is 16.4. The van der Waals surface area contributed by atoms with Crippen LogP contribution >= 0.6 is 0 Å². The Morgan fingerprint density at radius 1 is 1.56 bits per heavy atom. The Bertz CT molecular complexity index is 401. The van der Waals surface area contributed by atoms with Crippen LogP contribution in [0, 0.1) is 0 Å². The van der Waals surface area contributed by atoms with Crippen molar-refractivity contribution in [3.05, 3.63) is 23.7 Å². The van der Waals surface area contributed by atoms with Crippen LogP contribution in [0.2, 0.25) is 0 Å². The van der Waals surface area contributed by atoms with Crippen molar-refractivity contribution in [3.8, 4) is 0 Å². The number of hydrogen-bond acceptors (Lipinski definition) is 4. The van der Waals surface area contributed by atoms with E-state index in [1.807, 2.05) is 7.05 Å². The lowest BCUT2D eigenvalue weighted by molar-refractivity contribution is 0.0655. The second-order valence-corrected chi connectivity index (χ2v) is 4.75. The van der Waals surface area contributed by atoms with Crippen molar-refractivity contribution in [2.45, 2.75) is 31.8 Å². The van der Waals surface area contributed by atoms with Crippen molar-refractivity contribution in [2.75, 3.05) is 20.1 Å². The maximum atomic E-state index is 10.8. The summed E-state index contributed by atoms with van der Waals surface area (Å²) in [6, 6.07) is 3.80. The Balaban J connectivity index is 1.99. The smallest absolute Gasteiger partial charge is 0.371 e. The van der Waals surface area contributed by atoms with E-state index in [-0.39, 0.29) is 5.76 Å². The highest BCUT2D eigenvalue weighted by Gasteiger charge is 2.23. The van der Waals surface area contributed by atoms with Gasteiger partial charge in [0.2, 0.25) is 5.76 Å². The van der Waals surface area contributed by atoms with E-state index in [0.29, 0.717) is 12.6 Å². The predicted octanol–water partition coefficient (Wildman–Crippen LogP) is 1.55. The first-order chi connectivity index (χ1) is 8.70. The molecule has 1 atom stereocenters. The van der Waals surface area contributed by atoms with Crippen LogP contribution in [-0.2, 0) is 6.54 Å². The van der Waals surface area contributed by atoms with E-state index in [0.717, 1.165) is 18.8 Å². The number of aromatic carboxylic acids is 1. The number of likely N-dealkylation sites (tertiary alicyclic amines) is 1. The summed E-state index contributed by atoms with van der Waals surface area (Å²) in [4.78, 5) is 13.1. The highest BCUT2D eigenvalue weighted by molar-refractivity contribution is 5.84. The molecule has 1 aliphatic heterocycles. The number of nitrogens with zero attached hydrogens (tertiary/aromatic N) is 1. The van der Waals surface area contributed by atoms with Crippen molar-refractivity contribution < 1.29 is 14.3 Å². The number of carbonyl (C=O) groups is 1. The lowest BCUT2D eigenvalue weighted by Crippen LogP contribution is -2.44. The normalized spacial score (nSPS) is 21.1. The standard InChI is InChI=1S/C13H20N2O3/c1-14-8-10-4-2-3-7-15(10)9-11-5-6-12(18-11)13(16)17/h5-6,10,14H,2-4,7-9H2,1H3,(H,16,17). The monoisotopic (exact) mass is 252 g/mol. The van der Waals surface area contributed by atoms with Gasteiger partial charge < -0.3 is 14.8 Å². The molecule has 0 bridgehead atoms. The summed E-state index contributed by atoms with van der Waals surface area (Å²) in [5.74, 6) is -0.255. The summed E-state index contributed by atoms with van der Waals surface area (Å²) in [6.45, 7) is 2.71. The van der Waals surface area contributed by atoms with Gasteiger partial charge in [0.05, 0.1) is 6.54 Å². The minimum Gasteiger partial charge on any atom is -0.475 e. The van der Waals surface area contributed by atoms with Gasteiger partial charge >= 0.3 is 5.97 Å². The number of hydrogen-bond donors (Lipinski definition) is 2. The van der Waals surface area contributed by atoms with E-state index >= 15 is 0 Å². The van der Waals surface area contributed by atoms with Gasteiger partial charge in [0, 0.05) is 12.6 Å². The zero-order valence-electron chi connectivity index (χ0n) is 10.7. The molecule has 2 N–H and O–H groups in total. The van der Waals surface area contributed by atoms with Crippen molar-refractivity contribution in [1.29, 1.82) is 0 Å². The maximum Gasteiger partial charge on any atom is 0.371 e. The molecule has 0 saturated carbocycles. The molecule has 0 radical (unpaired) electrons. The van der Waals surface area contributed by atoms with Gasteiger partial charge in [-0.3, -0.25) is 4.90 Å². The van der Waals surface area contributed by atoms with Gasteiger partial charge in [-0.05, 0) is 38.6 Å². The summed E-state index contributed by atoms with van der Waals surface area (Å²) in [7, 11) is 1.96. The van der Waals surface area contributed by atoms with E-state index in [9.17, 15) is 4.79 Å². The Hall–Kier alpha value is -1.33. The summed E-state index contributed by atoms with van der Waals surface area (Å²) in [5, 5.41) is 12.0. The van der Waals surface area contributed by atoms with Gasteiger partial charge in [-0.15, -0.1) is 0 Å². The number of rotatable bonds is 5. The molecule has 5 nitrogen and oxygen atoms in total. The molecule has 1 unspecified atom stereocenters. The first-order valence-electron chi connectivity index (χ1n) is 6.41. The van der Waals surface area contributed by atoms with E-state index < -0.39 is 5.97 Å². The number of furan rings is 1. The Kier molecular flexibility index (Phi) is 4.38. The number of carboxylic acids is 1. The number of likely N-dealkylation sites (N-methyl/N-ethyl adjacent to an activating group) is 1. The van der Waals surface area contributed by atoms with Gasteiger partial charge in [-0.1, -0.05) is 6.42 Å². The topological polar surface area (TPSA) is 65.7 Å². The molecule has 100 valence electrons. The fourth-order valence-electron chi connectivity index (χ4n) is 2.51. The first kappa shape index (κ1) is 13.1. The van der Waals surface area contributed by atoms with Crippen molar-refractivity contribution in [3.63, 3.8) is 0 Å². The summed E-state index contributed by atoms with van der Waals surface area (Å²) >= 11 is 0. The molecule has 2 rings (SSSR count). The van der Waals surface area contributed by atoms with Crippen LogP contribution in [0.25, 0.3) is 0 Å². The van der Waals surface area contributed by atoms with Gasteiger partial charge in [0.1, 0.15) is 5.76 Å². The molecule has 0 aliphatic carbocycles. The average Bonchev–Trinajstić information content (AvgIpc) is 2.81. The number of piperidine rings is 1. The van der Waals surface area contributed by atoms with E-state index in [1.54, 1.807) is 6.07 Å². The van der Waals surface area contributed by atoms with E-state index in [2.05, 4.69) is 10.2 Å². The Labute approximate surface area is 107 Å². The van der Waals surface area contributed by atoms with Crippen LogP contribution < -0.4 is 5.32 Å². The van der Waals surface area contributed by atoms with Gasteiger partial charge in [-0.25, -0.2) is 4.79 Å². The predicted molar refractivity (Wildman–Crippen MR) is 67.6 cm³/mol. The molecule has 18 heavy (non-hydrogen) atoms. The SMILES string of the molecule is CNCC1CCCCN1Cc1ccc(C(=O)O)o1. The summed E-state index contributed by atoms with van der Waals surface area (Å²) in [5.41, 5.74) is 0. The maximum absolute atomic E-state index is 10.8. The van der Waals surface area contributed by atoms with Crippen LogP contribution in [-0.4, -0.2) is 42.2 Å². The summed E-state index contributed by atoms with van der Waals surface area (Å²) in [6.07, 6.45) is 3.65. The van der Waals surface area contributed by atoms with Gasteiger partial charge in [0.15, 0.2) is 0 Å². The number of carboxylic acid groups (broad SMARTS) is 1. The average molecular weight is 252 g/mol. The minimum absolute atomic E-state index is 0.0205. The molecule has 1 aliphatic rings. The fraction of sp³-hybridized carbons (Fsp3) is 0.615. The minimum atomic E-state index is -1.01. The quantitative estimate of drug-likeness (QED) is 0.832. The summed E-state index contributed by atoms with van der Waals surface area (Å²) < 4.78 is 5.31. The van der Waals surface area contributed by atoms with Crippen molar-refractivity contribution in [2.24, 2.45) is 0 Å². The molecule has 0 aromatic carbocycles. The Morgan fingerprint density at radius 2 is 2.39 bits per heavy atom. The number of nitrogens with one attached hydrogen (secondary N) is 1. The van der Waals surface area contributed by atoms with Crippen LogP contribution in [0.15, 0.2) is 16.5 Å².